The third kappa shape index (κ3) is 3.75. The van der Waals surface area contributed by atoms with Crippen molar-refractivity contribution in [3.05, 3.63) is 24.3 Å². The maximum absolute atomic E-state index is 12.3. The van der Waals surface area contributed by atoms with Gasteiger partial charge in [-0.25, -0.2) is 0 Å². The second kappa shape index (κ2) is 6.89. The van der Waals surface area contributed by atoms with Gasteiger partial charge in [-0.3, -0.25) is 9.59 Å². The minimum Gasteiger partial charge on any atom is -0.486 e. The Hall–Kier alpha value is -2.24. The molecule has 0 spiro atoms. The molecule has 0 aliphatic carbocycles. The first-order valence-corrected chi connectivity index (χ1v) is 8.05. The smallest absolute Gasteiger partial charge is 0.223 e. The molecule has 3 rings (SSSR count). The van der Waals surface area contributed by atoms with Crippen LogP contribution in [0.2, 0.25) is 0 Å². The molecule has 6 nitrogen and oxygen atoms in total. The van der Waals surface area contributed by atoms with Gasteiger partial charge < -0.3 is 19.7 Å². The maximum atomic E-state index is 12.3. The van der Waals surface area contributed by atoms with Crippen molar-refractivity contribution in [2.75, 3.05) is 26.2 Å². The Morgan fingerprint density at radius 3 is 2.61 bits per heavy atom. The van der Waals surface area contributed by atoms with Gasteiger partial charge in [0, 0.05) is 25.9 Å². The Labute approximate surface area is 135 Å². The number of amides is 2. The number of nitrogens with zero attached hydrogens (tertiary/aromatic N) is 1. The highest BCUT2D eigenvalue weighted by molar-refractivity contribution is 5.79. The highest BCUT2D eigenvalue weighted by Gasteiger charge is 2.27. The van der Waals surface area contributed by atoms with Gasteiger partial charge in [0.25, 0.3) is 0 Å². The van der Waals surface area contributed by atoms with Crippen LogP contribution in [-0.4, -0.2) is 49.1 Å². The molecule has 1 N–H and O–H groups in total. The molecular formula is C17H22N2O4. The second-order valence-electron chi connectivity index (χ2n) is 6.02. The normalized spacial score (nSPS) is 20.9. The van der Waals surface area contributed by atoms with Gasteiger partial charge >= 0.3 is 0 Å². The molecule has 1 fully saturated rings. The molecule has 1 saturated heterocycles. The van der Waals surface area contributed by atoms with Crippen molar-refractivity contribution in [2.24, 2.45) is 5.92 Å². The molecule has 2 aliphatic heterocycles. The predicted molar refractivity (Wildman–Crippen MR) is 84.3 cm³/mol. The van der Waals surface area contributed by atoms with Crippen LogP contribution in [0.25, 0.3) is 0 Å². The van der Waals surface area contributed by atoms with Gasteiger partial charge in [0.2, 0.25) is 11.8 Å². The molecule has 6 heteroatoms. The van der Waals surface area contributed by atoms with Crippen LogP contribution in [-0.2, 0) is 9.59 Å². The Bertz CT molecular complexity index is 582. The number of benzene rings is 1. The zero-order chi connectivity index (χ0) is 16.2. The van der Waals surface area contributed by atoms with Crippen molar-refractivity contribution in [1.82, 2.24) is 10.2 Å². The summed E-state index contributed by atoms with van der Waals surface area (Å²) in [6.45, 7) is 3.74. The van der Waals surface area contributed by atoms with Gasteiger partial charge in [-0.15, -0.1) is 0 Å². The number of fused-ring (bicyclic) bond motifs is 1. The van der Waals surface area contributed by atoms with E-state index in [9.17, 15) is 9.59 Å². The number of carbonyl (C=O) groups is 2. The summed E-state index contributed by atoms with van der Waals surface area (Å²) in [7, 11) is 0. The van der Waals surface area contributed by atoms with Gasteiger partial charge in [0.05, 0.1) is 6.54 Å². The van der Waals surface area contributed by atoms with Crippen LogP contribution in [0.4, 0.5) is 0 Å². The van der Waals surface area contributed by atoms with Gasteiger partial charge in [-0.2, -0.15) is 0 Å². The van der Waals surface area contributed by atoms with Gasteiger partial charge in [0.1, 0.15) is 12.7 Å². The monoisotopic (exact) mass is 318 g/mol. The molecule has 23 heavy (non-hydrogen) atoms. The van der Waals surface area contributed by atoms with Crippen LogP contribution in [0.15, 0.2) is 24.3 Å². The van der Waals surface area contributed by atoms with E-state index in [4.69, 9.17) is 9.47 Å². The number of hydrogen-bond acceptors (Lipinski definition) is 4. The summed E-state index contributed by atoms with van der Waals surface area (Å²) < 4.78 is 11.5. The van der Waals surface area contributed by atoms with Crippen LogP contribution in [0, 0.1) is 5.92 Å². The molecule has 0 saturated carbocycles. The van der Waals surface area contributed by atoms with E-state index in [0.717, 1.165) is 18.6 Å². The largest absolute Gasteiger partial charge is 0.486 e. The molecule has 0 radical (unpaired) electrons. The minimum absolute atomic E-state index is 0.0256. The summed E-state index contributed by atoms with van der Waals surface area (Å²) in [4.78, 5) is 25.3. The first-order valence-electron chi connectivity index (χ1n) is 8.05. The highest BCUT2D eigenvalue weighted by Crippen LogP contribution is 2.30. The van der Waals surface area contributed by atoms with E-state index in [2.05, 4.69) is 5.32 Å². The van der Waals surface area contributed by atoms with Crippen molar-refractivity contribution in [3.8, 4) is 11.5 Å². The molecule has 1 atom stereocenters. The predicted octanol–water partition coefficient (Wildman–Crippen LogP) is 1.20. The van der Waals surface area contributed by atoms with E-state index in [1.54, 1.807) is 11.8 Å². The lowest BCUT2D eigenvalue weighted by Gasteiger charge is -2.31. The number of carbonyl (C=O) groups excluding carboxylic acids is 2. The van der Waals surface area contributed by atoms with Gasteiger partial charge in [0.15, 0.2) is 11.5 Å². The number of para-hydroxylation sites is 2. The fraction of sp³-hybridized carbons (Fsp3) is 0.529. The maximum Gasteiger partial charge on any atom is 0.223 e. The molecule has 1 aromatic rings. The number of piperidine rings is 1. The molecule has 2 heterocycles. The lowest BCUT2D eigenvalue weighted by atomic mass is 9.96. The van der Waals surface area contributed by atoms with Crippen LogP contribution in [0.5, 0.6) is 11.5 Å². The minimum atomic E-state index is -0.175. The lowest BCUT2D eigenvalue weighted by molar-refractivity contribution is -0.134. The topological polar surface area (TPSA) is 67.9 Å². The van der Waals surface area contributed by atoms with E-state index in [-0.39, 0.29) is 23.8 Å². The van der Waals surface area contributed by atoms with Crippen LogP contribution in [0.3, 0.4) is 0 Å². The third-order valence-electron chi connectivity index (χ3n) is 4.38. The zero-order valence-electron chi connectivity index (χ0n) is 13.3. The van der Waals surface area contributed by atoms with E-state index < -0.39 is 0 Å². The van der Waals surface area contributed by atoms with Gasteiger partial charge in [-0.05, 0) is 25.0 Å². The molecule has 2 aliphatic rings. The molecule has 124 valence electrons. The molecule has 1 aromatic carbocycles. The summed E-state index contributed by atoms with van der Waals surface area (Å²) in [6.07, 6.45) is 1.26. The van der Waals surface area contributed by atoms with Crippen LogP contribution < -0.4 is 14.8 Å². The number of hydrogen-bond donors (Lipinski definition) is 1. The number of ether oxygens (including phenoxy) is 2. The van der Waals surface area contributed by atoms with Crippen molar-refractivity contribution >= 4 is 11.8 Å². The summed E-state index contributed by atoms with van der Waals surface area (Å²) >= 11 is 0. The zero-order valence-corrected chi connectivity index (χ0v) is 13.3. The average molecular weight is 318 g/mol. The quantitative estimate of drug-likeness (QED) is 0.909. The Morgan fingerprint density at radius 2 is 1.91 bits per heavy atom. The first-order chi connectivity index (χ1) is 11.1. The summed E-state index contributed by atoms with van der Waals surface area (Å²) in [6, 6.07) is 7.53. The van der Waals surface area contributed by atoms with Gasteiger partial charge in [-0.1, -0.05) is 12.1 Å². The van der Waals surface area contributed by atoms with E-state index in [1.807, 2.05) is 24.3 Å². The fourth-order valence-electron chi connectivity index (χ4n) is 2.98. The van der Waals surface area contributed by atoms with Crippen LogP contribution in [0.1, 0.15) is 19.8 Å². The Kier molecular flexibility index (Phi) is 4.69. The number of likely N-dealkylation sites (tertiary alicyclic amines) is 1. The number of rotatable bonds is 3. The number of nitrogens with one attached hydrogen (secondary N) is 1. The summed E-state index contributed by atoms with van der Waals surface area (Å²) in [5.41, 5.74) is 0. The molecule has 0 aromatic heterocycles. The SMILES string of the molecule is CC(=O)N1CCC(C(=O)NCC2COc3ccccc3O2)CC1. The van der Waals surface area contributed by atoms with E-state index in [0.29, 0.717) is 32.0 Å². The lowest BCUT2D eigenvalue weighted by Crippen LogP contribution is -2.46. The standard InChI is InChI=1S/C17H22N2O4/c1-12(20)19-8-6-13(7-9-19)17(21)18-10-14-11-22-15-4-2-3-5-16(15)23-14/h2-5,13-14H,6-11H2,1H3,(H,18,21). The van der Waals surface area contributed by atoms with Crippen molar-refractivity contribution in [1.29, 1.82) is 0 Å². The first kappa shape index (κ1) is 15.6. The molecule has 0 bridgehead atoms. The molecular weight excluding hydrogens is 296 g/mol. The molecule has 1 unspecified atom stereocenters. The highest BCUT2D eigenvalue weighted by atomic mass is 16.6. The summed E-state index contributed by atoms with van der Waals surface area (Å²) in [5, 5.41) is 2.95. The van der Waals surface area contributed by atoms with Crippen molar-refractivity contribution in [3.63, 3.8) is 0 Å². The Morgan fingerprint density at radius 1 is 1.22 bits per heavy atom. The average Bonchev–Trinajstić information content (AvgIpc) is 2.59. The van der Waals surface area contributed by atoms with Crippen LogP contribution >= 0.6 is 0 Å². The molecule has 2 amide bonds. The van der Waals surface area contributed by atoms with E-state index >= 15 is 0 Å². The second-order valence-corrected chi connectivity index (χ2v) is 6.02. The van der Waals surface area contributed by atoms with E-state index in [1.165, 1.54) is 0 Å². The van der Waals surface area contributed by atoms with Crippen molar-refractivity contribution in [2.45, 2.75) is 25.9 Å². The Balaban J connectivity index is 1.44. The third-order valence-corrected chi connectivity index (χ3v) is 4.38. The van der Waals surface area contributed by atoms with Crippen molar-refractivity contribution < 1.29 is 19.1 Å². The fourth-order valence-corrected chi connectivity index (χ4v) is 2.98. The summed E-state index contributed by atoms with van der Waals surface area (Å²) in [5.74, 6) is 1.55.